The summed E-state index contributed by atoms with van der Waals surface area (Å²) in [5.74, 6) is 0. The molecule has 0 spiro atoms. The molecule has 15 heavy (non-hydrogen) atoms. The Morgan fingerprint density at radius 2 is 1.87 bits per heavy atom. The van der Waals surface area contributed by atoms with Crippen LogP contribution in [0.3, 0.4) is 0 Å². The summed E-state index contributed by atoms with van der Waals surface area (Å²) in [5, 5.41) is 0. The van der Waals surface area contributed by atoms with Crippen LogP contribution in [0.4, 0.5) is 0 Å². The maximum absolute atomic E-state index is 10.1. The summed E-state index contributed by atoms with van der Waals surface area (Å²) in [7, 11) is 0. The van der Waals surface area contributed by atoms with Crippen molar-refractivity contribution in [1.29, 1.82) is 0 Å². The molecule has 0 aromatic rings. The second kappa shape index (κ2) is 6.96. The minimum absolute atomic E-state index is 0.542. The van der Waals surface area contributed by atoms with Crippen LogP contribution in [0.25, 0.3) is 0 Å². The van der Waals surface area contributed by atoms with Crippen molar-refractivity contribution in [2.24, 2.45) is 0 Å². The summed E-state index contributed by atoms with van der Waals surface area (Å²) in [6.07, 6.45) is 5.13. The third-order valence-electron chi connectivity index (χ3n) is 3.09. The number of hydrogen-bond acceptors (Lipinski definition) is 3. The highest BCUT2D eigenvalue weighted by atomic mass is 16.5. The standard InChI is InChI=1S/C12H23NO2/c1-11-9-15-10-12(2)13(11)7-5-3-4-6-8-14/h8,11-12H,3-7,9-10H2,1-2H3. The molecule has 0 N–H and O–H groups in total. The number of carbonyl (C=O) groups excluding carboxylic acids is 1. The fraction of sp³-hybridized carbons (Fsp3) is 0.917. The van der Waals surface area contributed by atoms with Crippen molar-refractivity contribution in [1.82, 2.24) is 4.90 Å². The van der Waals surface area contributed by atoms with E-state index in [0.29, 0.717) is 18.5 Å². The van der Waals surface area contributed by atoms with Gasteiger partial charge in [0.25, 0.3) is 0 Å². The van der Waals surface area contributed by atoms with Crippen molar-refractivity contribution < 1.29 is 9.53 Å². The number of ether oxygens (including phenoxy) is 1. The summed E-state index contributed by atoms with van der Waals surface area (Å²) >= 11 is 0. The molecular formula is C12H23NO2. The van der Waals surface area contributed by atoms with E-state index in [1.54, 1.807) is 0 Å². The van der Waals surface area contributed by atoms with E-state index in [1.807, 2.05) is 0 Å². The molecular weight excluding hydrogens is 190 g/mol. The number of aldehydes is 1. The van der Waals surface area contributed by atoms with Crippen LogP contribution in [0.2, 0.25) is 0 Å². The lowest BCUT2D eigenvalue weighted by molar-refractivity contribution is -0.107. The van der Waals surface area contributed by atoms with Crippen LogP contribution < -0.4 is 0 Å². The third kappa shape index (κ3) is 4.31. The van der Waals surface area contributed by atoms with Gasteiger partial charge in [-0.25, -0.2) is 0 Å². The minimum Gasteiger partial charge on any atom is -0.378 e. The zero-order valence-corrected chi connectivity index (χ0v) is 9.95. The van der Waals surface area contributed by atoms with E-state index >= 15 is 0 Å². The molecule has 1 rings (SSSR count). The summed E-state index contributed by atoms with van der Waals surface area (Å²) in [6.45, 7) is 7.31. The zero-order chi connectivity index (χ0) is 11.1. The van der Waals surface area contributed by atoms with E-state index < -0.39 is 0 Å². The fourth-order valence-corrected chi connectivity index (χ4v) is 2.17. The molecule has 1 fully saturated rings. The van der Waals surface area contributed by atoms with Gasteiger partial charge in [-0.3, -0.25) is 4.90 Å². The van der Waals surface area contributed by atoms with Gasteiger partial charge in [-0.15, -0.1) is 0 Å². The molecule has 0 aromatic heterocycles. The largest absolute Gasteiger partial charge is 0.378 e. The van der Waals surface area contributed by atoms with E-state index in [-0.39, 0.29) is 0 Å². The Morgan fingerprint density at radius 3 is 2.47 bits per heavy atom. The molecule has 88 valence electrons. The number of unbranched alkanes of at least 4 members (excludes halogenated alkanes) is 3. The van der Waals surface area contributed by atoms with Crippen LogP contribution in [0.1, 0.15) is 39.5 Å². The van der Waals surface area contributed by atoms with E-state index in [4.69, 9.17) is 4.74 Å². The lowest BCUT2D eigenvalue weighted by Crippen LogP contribution is -2.49. The summed E-state index contributed by atoms with van der Waals surface area (Å²) < 4.78 is 5.48. The van der Waals surface area contributed by atoms with Gasteiger partial charge in [0.05, 0.1) is 13.2 Å². The average molecular weight is 213 g/mol. The highest BCUT2D eigenvalue weighted by molar-refractivity contribution is 5.48. The van der Waals surface area contributed by atoms with Gasteiger partial charge in [0, 0.05) is 18.5 Å². The Morgan fingerprint density at radius 1 is 1.20 bits per heavy atom. The van der Waals surface area contributed by atoms with Gasteiger partial charge in [0.2, 0.25) is 0 Å². The van der Waals surface area contributed by atoms with E-state index in [0.717, 1.165) is 38.9 Å². The van der Waals surface area contributed by atoms with Crippen molar-refractivity contribution in [3.05, 3.63) is 0 Å². The van der Waals surface area contributed by atoms with Crippen LogP contribution >= 0.6 is 0 Å². The quantitative estimate of drug-likeness (QED) is 0.498. The molecule has 0 saturated carbocycles. The normalized spacial score (nSPS) is 27.9. The molecule has 2 atom stereocenters. The van der Waals surface area contributed by atoms with Crippen LogP contribution in [-0.4, -0.2) is 43.0 Å². The Balaban J connectivity index is 2.14. The minimum atomic E-state index is 0.542. The molecule has 1 saturated heterocycles. The van der Waals surface area contributed by atoms with Gasteiger partial charge in [0.15, 0.2) is 0 Å². The molecule has 1 heterocycles. The summed E-state index contributed by atoms with van der Waals surface area (Å²) in [5.41, 5.74) is 0. The van der Waals surface area contributed by atoms with Crippen LogP contribution in [0.15, 0.2) is 0 Å². The van der Waals surface area contributed by atoms with Gasteiger partial charge < -0.3 is 9.53 Å². The second-order valence-electron chi connectivity index (χ2n) is 4.49. The molecule has 0 bridgehead atoms. The fourth-order valence-electron chi connectivity index (χ4n) is 2.17. The van der Waals surface area contributed by atoms with E-state index in [1.165, 1.54) is 6.42 Å². The van der Waals surface area contributed by atoms with Crippen molar-refractivity contribution >= 4 is 6.29 Å². The van der Waals surface area contributed by atoms with Crippen LogP contribution in [-0.2, 0) is 9.53 Å². The van der Waals surface area contributed by atoms with Gasteiger partial charge in [0.1, 0.15) is 6.29 Å². The first-order valence-electron chi connectivity index (χ1n) is 6.03. The molecule has 0 amide bonds. The highest BCUT2D eigenvalue weighted by Crippen LogP contribution is 2.14. The predicted octanol–water partition coefficient (Wildman–Crippen LogP) is 1.85. The molecule has 3 nitrogen and oxygen atoms in total. The third-order valence-corrected chi connectivity index (χ3v) is 3.09. The predicted molar refractivity (Wildman–Crippen MR) is 61.0 cm³/mol. The lowest BCUT2D eigenvalue weighted by Gasteiger charge is -2.38. The molecule has 2 unspecified atom stereocenters. The van der Waals surface area contributed by atoms with E-state index in [9.17, 15) is 4.79 Å². The molecule has 3 heteroatoms. The zero-order valence-electron chi connectivity index (χ0n) is 9.95. The van der Waals surface area contributed by atoms with Crippen molar-refractivity contribution in [2.75, 3.05) is 19.8 Å². The van der Waals surface area contributed by atoms with Crippen molar-refractivity contribution in [3.63, 3.8) is 0 Å². The number of hydrogen-bond donors (Lipinski definition) is 0. The maximum atomic E-state index is 10.1. The first-order valence-corrected chi connectivity index (χ1v) is 6.03. The topological polar surface area (TPSA) is 29.5 Å². The maximum Gasteiger partial charge on any atom is 0.119 e. The molecule has 1 aliphatic heterocycles. The van der Waals surface area contributed by atoms with Crippen LogP contribution in [0.5, 0.6) is 0 Å². The first-order chi connectivity index (χ1) is 7.25. The van der Waals surface area contributed by atoms with Crippen molar-refractivity contribution in [3.8, 4) is 0 Å². The van der Waals surface area contributed by atoms with Gasteiger partial charge >= 0.3 is 0 Å². The molecule has 0 aliphatic carbocycles. The highest BCUT2D eigenvalue weighted by Gasteiger charge is 2.24. The van der Waals surface area contributed by atoms with Gasteiger partial charge in [-0.2, -0.15) is 0 Å². The second-order valence-corrected chi connectivity index (χ2v) is 4.49. The average Bonchev–Trinajstić information content (AvgIpc) is 2.21. The Hall–Kier alpha value is -0.410. The smallest absolute Gasteiger partial charge is 0.119 e. The summed E-state index contributed by atoms with van der Waals surface area (Å²) in [6, 6.07) is 1.08. The number of rotatable bonds is 6. The van der Waals surface area contributed by atoms with E-state index in [2.05, 4.69) is 18.7 Å². The van der Waals surface area contributed by atoms with Gasteiger partial charge in [-0.05, 0) is 33.2 Å². The summed E-state index contributed by atoms with van der Waals surface area (Å²) in [4.78, 5) is 12.7. The van der Waals surface area contributed by atoms with Crippen molar-refractivity contribution in [2.45, 2.75) is 51.6 Å². The molecule has 0 aromatic carbocycles. The number of morpholine rings is 1. The Bertz CT molecular complexity index is 174. The first kappa shape index (κ1) is 12.7. The monoisotopic (exact) mass is 213 g/mol. The Labute approximate surface area is 92.8 Å². The van der Waals surface area contributed by atoms with Gasteiger partial charge in [-0.1, -0.05) is 6.42 Å². The Kier molecular flexibility index (Phi) is 5.88. The molecule has 0 radical (unpaired) electrons. The van der Waals surface area contributed by atoms with Crippen LogP contribution in [0, 0.1) is 0 Å². The lowest BCUT2D eigenvalue weighted by atomic mass is 10.1. The molecule has 1 aliphatic rings. The SMILES string of the molecule is CC1COCC(C)N1CCCCCC=O. The number of nitrogens with zero attached hydrogens (tertiary/aromatic N) is 1. The number of carbonyl (C=O) groups is 1.